The summed E-state index contributed by atoms with van der Waals surface area (Å²) in [4.78, 5) is 44.8. The van der Waals surface area contributed by atoms with Crippen LogP contribution in [-0.4, -0.2) is 64.2 Å². The number of carbonyl (C=O) groups is 3. The quantitative estimate of drug-likeness (QED) is 0.261. The maximum atomic E-state index is 16.1. The Bertz CT molecular complexity index is 1820. The van der Waals surface area contributed by atoms with E-state index in [0.29, 0.717) is 36.3 Å². The van der Waals surface area contributed by atoms with E-state index in [1.54, 1.807) is 25.1 Å². The van der Waals surface area contributed by atoms with E-state index in [0.717, 1.165) is 80.5 Å². The van der Waals surface area contributed by atoms with Crippen LogP contribution in [0.2, 0.25) is 0 Å². The van der Waals surface area contributed by atoms with Gasteiger partial charge in [0, 0.05) is 67.6 Å². The van der Waals surface area contributed by atoms with Crippen LogP contribution in [0.5, 0.6) is 0 Å². The fraction of sp³-hybridized carbons (Fsp3) is 0.474. The molecule has 3 aromatic rings. The predicted octanol–water partition coefficient (Wildman–Crippen LogP) is 6.70. The number of benzene rings is 2. The van der Waals surface area contributed by atoms with Crippen molar-refractivity contribution in [2.75, 3.05) is 29.4 Å². The van der Waals surface area contributed by atoms with Crippen molar-refractivity contribution < 1.29 is 28.6 Å². The van der Waals surface area contributed by atoms with Crippen molar-refractivity contribution in [2.45, 2.75) is 95.9 Å². The molecule has 2 N–H and O–H groups in total. The highest BCUT2D eigenvalue weighted by Crippen LogP contribution is 2.39. The van der Waals surface area contributed by atoms with Gasteiger partial charge in [-0.2, -0.15) is 0 Å². The first kappa shape index (κ1) is 33.0. The molecule has 2 aliphatic carbocycles. The van der Waals surface area contributed by atoms with Crippen molar-refractivity contribution in [3.63, 3.8) is 0 Å². The minimum atomic E-state index is -1.02. The molecule has 1 atom stereocenters. The van der Waals surface area contributed by atoms with Gasteiger partial charge in [0.05, 0.1) is 29.3 Å². The van der Waals surface area contributed by atoms with Gasteiger partial charge in [-0.15, -0.1) is 0 Å². The summed E-state index contributed by atoms with van der Waals surface area (Å²) in [6.45, 7) is 4.03. The molecule has 2 aliphatic heterocycles. The van der Waals surface area contributed by atoms with E-state index in [1.165, 1.54) is 12.5 Å². The Morgan fingerprint density at radius 3 is 2.51 bits per heavy atom. The van der Waals surface area contributed by atoms with Gasteiger partial charge in [-0.05, 0) is 81.0 Å². The first-order chi connectivity index (χ1) is 23.7. The average Bonchev–Trinajstić information content (AvgIpc) is 3.70. The van der Waals surface area contributed by atoms with Gasteiger partial charge in [0.1, 0.15) is 11.7 Å². The number of carboxylic acid groups (broad SMARTS) is 1. The molecule has 1 saturated carbocycles. The fourth-order valence-electron chi connectivity index (χ4n) is 7.93. The number of piperidine rings is 1. The van der Waals surface area contributed by atoms with Gasteiger partial charge in [-0.3, -0.25) is 9.59 Å². The van der Waals surface area contributed by atoms with Crippen LogP contribution in [0, 0.1) is 0 Å². The van der Waals surface area contributed by atoms with Crippen molar-refractivity contribution in [1.82, 2.24) is 14.9 Å². The van der Waals surface area contributed by atoms with E-state index >= 15 is 4.39 Å². The second kappa shape index (κ2) is 14.2. The van der Waals surface area contributed by atoms with Gasteiger partial charge in [0.15, 0.2) is 0 Å². The van der Waals surface area contributed by atoms with Gasteiger partial charge < -0.3 is 29.5 Å². The molecular weight excluding hydrogens is 625 g/mol. The largest absolute Gasteiger partial charge is 0.478 e. The summed E-state index contributed by atoms with van der Waals surface area (Å²) >= 11 is 0. The second-order valence-corrected chi connectivity index (χ2v) is 13.7. The molecule has 0 bridgehead atoms. The number of hydrogen-bond acceptors (Lipinski definition) is 6. The second-order valence-electron chi connectivity index (χ2n) is 13.7. The molecular formula is C38H44FN5O5. The number of aromatic nitrogens is 2. The average molecular weight is 670 g/mol. The lowest BCUT2D eigenvalue weighted by Crippen LogP contribution is -2.44. The van der Waals surface area contributed by atoms with Crippen LogP contribution in [-0.2, 0) is 20.9 Å². The van der Waals surface area contributed by atoms with Gasteiger partial charge in [-0.1, -0.05) is 25.3 Å². The Kier molecular flexibility index (Phi) is 9.53. The van der Waals surface area contributed by atoms with Gasteiger partial charge in [-0.25, -0.2) is 14.2 Å². The number of fused-ring (bicyclic) bond motifs is 1. The molecule has 7 rings (SSSR count). The Hall–Kier alpha value is -4.51. The standard InChI is InChI=1S/C38H44FN5O5/c1-24(45)40-27-15-18-42(19-16-27)34-14-10-29(43-17-5-8-36(43)46)20-26(34)23-49-30-11-12-31(32(39)22-30)37-41-33-21-25(38(47)48)9-13-35(33)44(37)28-6-3-2-4-7-28/h9-10,12-14,20-22,27-28,30H,2-8,11,15-19,23H2,1H3,(H,40,45)(H,47,48). The summed E-state index contributed by atoms with van der Waals surface area (Å²) in [5.41, 5.74) is 4.75. The molecule has 49 heavy (non-hydrogen) atoms. The van der Waals surface area contributed by atoms with E-state index in [9.17, 15) is 19.5 Å². The molecule has 0 spiro atoms. The number of carboxylic acids is 1. The highest BCUT2D eigenvalue weighted by Gasteiger charge is 2.29. The Labute approximate surface area is 285 Å². The van der Waals surface area contributed by atoms with E-state index in [4.69, 9.17) is 9.72 Å². The molecule has 0 radical (unpaired) electrons. The number of ether oxygens (including phenoxy) is 1. The SMILES string of the molecule is CC(=O)NC1CCN(c2ccc(N3CCCC3=O)cc2COC2C=C(F)C(c3nc4cc(C(=O)O)ccc4n3C3CCCCC3)=CC2)CC1. The normalized spacial score (nSPS) is 20.9. The van der Waals surface area contributed by atoms with E-state index in [-0.39, 0.29) is 36.1 Å². The maximum Gasteiger partial charge on any atom is 0.335 e. The number of nitrogens with zero attached hydrogens (tertiary/aromatic N) is 4. The summed E-state index contributed by atoms with van der Waals surface area (Å²) < 4.78 is 24.6. The minimum Gasteiger partial charge on any atom is -0.478 e. The molecule has 3 fully saturated rings. The molecule has 1 aromatic heterocycles. The van der Waals surface area contributed by atoms with Crippen molar-refractivity contribution in [1.29, 1.82) is 0 Å². The lowest BCUT2D eigenvalue weighted by atomic mass is 9.94. The molecule has 11 heteroatoms. The maximum absolute atomic E-state index is 16.1. The predicted molar refractivity (Wildman–Crippen MR) is 186 cm³/mol. The summed E-state index contributed by atoms with van der Waals surface area (Å²) in [6.07, 6.45) is 11.7. The summed E-state index contributed by atoms with van der Waals surface area (Å²) in [5, 5.41) is 12.6. The van der Waals surface area contributed by atoms with E-state index < -0.39 is 17.9 Å². The molecule has 4 aliphatic rings. The fourth-order valence-corrected chi connectivity index (χ4v) is 7.93. The number of halogens is 1. The third-order valence-electron chi connectivity index (χ3n) is 10.4. The lowest BCUT2D eigenvalue weighted by molar-refractivity contribution is -0.120. The van der Waals surface area contributed by atoms with Crippen LogP contribution in [0.25, 0.3) is 16.6 Å². The molecule has 10 nitrogen and oxygen atoms in total. The number of anilines is 2. The topological polar surface area (TPSA) is 117 Å². The van der Waals surface area contributed by atoms with Crippen LogP contribution in [0.1, 0.15) is 98.9 Å². The Morgan fingerprint density at radius 1 is 1.02 bits per heavy atom. The number of hydrogen-bond donors (Lipinski definition) is 2. The van der Waals surface area contributed by atoms with Crippen molar-refractivity contribution >= 4 is 45.8 Å². The van der Waals surface area contributed by atoms with Gasteiger partial charge >= 0.3 is 5.97 Å². The van der Waals surface area contributed by atoms with Crippen molar-refractivity contribution in [3.8, 4) is 0 Å². The lowest BCUT2D eigenvalue weighted by Gasteiger charge is -2.35. The zero-order chi connectivity index (χ0) is 34.1. The third kappa shape index (κ3) is 6.99. The Morgan fingerprint density at radius 2 is 1.82 bits per heavy atom. The highest BCUT2D eigenvalue weighted by atomic mass is 19.1. The molecule has 2 aromatic carbocycles. The van der Waals surface area contributed by atoms with Crippen LogP contribution in [0.15, 0.2) is 54.4 Å². The number of carbonyl (C=O) groups excluding carboxylic acids is 2. The molecule has 1 unspecified atom stereocenters. The number of aromatic carboxylic acids is 1. The zero-order valence-electron chi connectivity index (χ0n) is 28.0. The number of nitrogens with one attached hydrogen (secondary N) is 1. The highest BCUT2D eigenvalue weighted by molar-refractivity contribution is 5.96. The van der Waals surface area contributed by atoms with Crippen LogP contribution in [0.3, 0.4) is 0 Å². The first-order valence-electron chi connectivity index (χ1n) is 17.7. The van der Waals surface area contributed by atoms with Crippen LogP contribution in [0.4, 0.5) is 15.8 Å². The van der Waals surface area contributed by atoms with E-state index in [2.05, 4.69) is 20.9 Å². The van der Waals surface area contributed by atoms with Crippen molar-refractivity contribution in [2.24, 2.45) is 0 Å². The molecule has 3 heterocycles. The van der Waals surface area contributed by atoms with Crippen molar-refractivity contribution in [3.05, 3.63) is 71.3 Å². The number of allylic oxidation sites excluding steroid dienone is 2. The van der Waals surface area contributed by atoms with Gasteiger partial charge in [0.25, 0.3) is 0 Å². The Balaban J connectivity index is 1.12. The molecule has 2 saturated heterocycles. The summed E-state index contributed by atoms with van der Waals surface area (Å²) in [7, 11) is 0. The molecule has 258 valence electrons. The third-order valence-corrected chi connectivity index (χ3v) is 10.4. The molecule has 2 amide bonds. The smallest absolute Gasteiger partial charge is 0.335 e. The van der Waals surface area contributed by atoms with Crippen LogP contribution < -0.4 is 15.1 Å². The van der Waals surface area contributed by atoms with E-state index in [1.807, 2.05) is 23.1 Å². The zero-order valence-corrected chi connectivity index (χ0v) is 28.0. The monoisotopic (exact) mass is 669 g/mol. The summed E-state index contributed by atoms with van der Waals surface area (Å²) in [6, 6.07) is 11.4. The summed E-state index contributed by atoms with van der Waals surface area (Å²) in [5.74, 6) is -0.794. The number of rotatable bonds is 9. The first-order valence-corrected chi connectivity index (χ1v) is 17.7. The number of imidazole rings is 1. The van der Waals surface area contributed by atoms with Crippen LogP contribution >= 0.6 is 0 Å². The minimum absolute atomic E-state index is 0.0179. The number of amides is 2. The van der Waals surface area contributed by atoms with Gasteiger partial charge in [0.2, 0.25) is 11.8 Å².